The number of benzene rings is 1. The smallest absolute Gasteiger partial charge is 0.333 e. The van der Waals surface area contributed by atoms with Gasteiger partial charge in [-0.3, -0.25) is 10.2 Å². The maximum Gasteiger partial charge on any atom is 0.333 e. The van der Waals surface area contributed by atoms with E-state index in [4.69, 9.17) is 17.3 Å². The summed E-state index contributed by atoms with van der Waals surface area (Å²) in [5.41, 5.74) is 7.76. The third-order valence-electron chi connectivity index (χ3n) is 2.59. The van der Waals surface area contributed by atoms with Crippen LogP contribution in [0.5, 0.6) is 0 Å². The van der Waals surface area contributed by atoms with Gasteiger partial charge >= 0.3 is 6.03 Å². The predicted molar refractivity (Wildman–Crippen MR) is 78.3 cm³/mol. The normalized spacial score (nSPS) is 10.2. The number of hydrazine groups is 1. The molecule has 0 saturated heterocycles. The fourth-order valence-corrected chi connectivity index (χ4v) is 2.52. The second kappa shape index (κ2) is 6.55. The van der Waals surface area contributed by atoms with Gasteiger partial charge in [-0.15, -0.1) is 11.3 Å². The Hall–Kier alpha value is -2.12. The molecule has 0 aliphatic rings. The molecule has 0 unspecified atom stereocenters. The fraction of sp³-hybridized carbons (Fsp3) is 0.0769. The van der Waals surface area contributed by atoms with Gasteiger partial charge in [-0.25, -0.2) is 14.2 Å². The van der Waals surface area contributed by atoms with Gasteiger partial charge in [0.15, 0.2) is 0 Å². The number of hydrogen-bond donors (Lipinski definition) is 2. The fourth-order valence-electron chi connectivity index (χ4n) is 1.58. The van der Waals surface area contributed by atoms with Crippen molar-refractivity contribution >= 4 is 34.9 Å². The summed E-state index contributed by atoms with van der Waals surface area (Å²) in [5.74, 6) is -1.03. The van der Waals surface area contributed by atoms with E-state index in [2.05, 4.69) is 5.43 Å². The standard InChI is InChI=1S/C13H11ClFN3O2S/c14-11-6-5-10(21-11)12(19)17-18(13(16)20)7-8-3-1-2-4-9(8)15/h1-6H,7H2,(H2,16,20)(H,17,19). The zero-order valence-corrected chi connectivity index (χ0v) is 12.2. The predicted octanol–water partition coefficient (Wildman–Crippen LogP) is 2.77. The van der Waals surface area contributed by atoms with Gasteiger partial charge in [0.25, 0.3) is 5.91 Å². The highest BCUT2D eigenvalue weighted by atomic mass is 35.5. The van der Waals surface area contributed by atoms with E-state index in [-0.39, 0.29) is 12.1 Å². The molecule has 0 bridgehead atoms. The van der Waals surface area contributed by atoms with Crippen LogP contribution >= 0.6 is 22.9 Å². The summed E-state index contributed by atoms with van der Waals surface area (Å²) >= 11 is 6.80. The Labute approximate surface area is 129 Å². The van der Waals surface area contributed by atoms with Gasteiger partial charge in [0.1, 0.15) is 5.82 Å². The summed E-state index contributed by atoms with van der Waals surface area (Å²) in [6.45, 7) is -0.174. The zero-order valence-electron chi connectivity index (χ0n) is 10.7. The van der Waals surface area contributed by atoms with Crippen LogP contribution in [0.1, 0.15) is 15.2 Å². The summed E-state index contributed by atoms with van der Waals surface area (Å²) in [7, 11) is 0. The number of rotatable bonds is 3. The summed E-state index contributed by atoms with van der Waals surface area (Å²) in [6, 6.07) is 8.10. The Kier molecular flexibility index (Phi) is 4.77. The Bertz CT molecular complexity index is 677. The first-order valence-corrected chi connectivity index (χ1v) is 7.03. The molecule has 0 spiro atoms. The van der Waals surface area contributed by atoms with E-state index in [1.54, 1.807) is 12.1 Å². The first-order chi connectivity index (χ1) is 9.97. The van der Waals surface area contributed by atoms with Crippen molar-refractivity contribution < 1.29 is 14.0 Å². The third-order valence-corrected chi connectivity index (χ3v) is 3.82. The van der Waals surface area contributed by atoms with Crippen LogP contribution in [0.15, 0.2) is 36.4 Å². The number of amides is 3. The van der Waals surface area contributed by atoms with Gasteiger partial charge in [-0.1, -0.05) is 29.8 Å². The number of carbonyl (C=O) groups is 2. The van der Waals surface area contributed by atoms with Crippen LogP contribution in [-0.4, -0.2) is 16.9 Å². The van der Waals surface area contributed by atoms with E-state index in [1.807, 2.05) is 0 Å². The van der Waals surface area contributed by atoms with Crippen LogP contribution in [0.25, 0.3) is 0 Å². The number of thiophene rings is 1. The molecule has 110 valence electrons. The molecule has 8 heteroatoms. The summed E-state index contributed by atoms with van der Waals surface area (Å²) in [6.07, 6.45) is 0. The lowest BCUT2D eigenvalue weighted by molar-refractivity contribution is 0.0828. The lowest BCUT2D eigenvalue weighted by atomic mass is 10.2. The highest BCUT2D eigenvalue weighted by molar-refractivity contribution is 7.17. The Morgan fingerprint density at radius 2 is 2.00 bits per heavy atom. The van der Waals surface area contributed by atoms with E-state index in [1.165, 1.54) is 24.3 Å². The minimum atomic E-state index is -0.894. The highest BCUT2D eigenvalue weighted by Crippen LogP contribution is 2.21. The maximum absolute atomic E-state index is 13.6. The number of hydrogen-bond acceptors (Lipinski definition) is 3. The molecule has 2 aromatic rings. The second-order valence-corrected chi connectivity index (χ2v) is 5.78. The first-order valence-electron chi connectivity index (χ1n) is 5.84. The highest BCUT2D eigenvalue weighted by Gasteiger charge is 2.17. The van der Waals surface area contributed by atoms with Crippen LogP contribution in [-0.2, 0) is 6.54 Å². The number of halogens is 2. The van der Waals surface area contributed by atoms with Crippen molar-refractivity contribution in [1.29, 1.82) is 0 Å². The van der Waals surface area contributed by atoms with Crippen LogP contribution < -0.4 is 11.2 Å². The van der Waals surface area contributed by atoms with E-state index in [9.17, 15) is 14.0 Å². The number of nitrogens with one attached hydrogen (secondary N) is 1. The molecular weight excluding hydrogens is 317 g/mol. The number of primary amides is 1. The molecule has 0 radical (unpaired) electrons. The molecule has 3 amide bonds. The Balaban J connectivity index is 2.11. The monoisotopic (exact) mass is 327 g/mol. The van der Waals surface area contributed by atoms with Crippen molar-refractivity contribution in [3.63, 3.8) is 0 Å². The van der Waals surface area contributed by atoms with Crippen LogP contribution in [0, 0.1) is 5.82 Å². The molecule has 0 aliphatic carbocycles. The molecule has 1 aromatic heterocycles. The van der Waals surface area contributed by atoms with Crippen molar-refractivity contribution in [1.82, 2.24) is 10.4 Å². The minimum Gasteiger partial charge on any atom is -0.350 e. The van der Waals surface area contributed by atoms with Gasteiger partial charge in [-0.05, 0) is 18.2 Å². The minimum absolute atomic E-state index is 0.174. The van der Waals surface area contributed by atoms with Crippen molar-refractivity contribution in [2.75, 3.05) is 0 Å². The molecule has 3 N–H and O–H groups in total. The molecule has 1 heterocycles. The third kappa shape index (κ3) is 3.93. The second-order valence-electron chi connectivity index (χ2n) is 4.06. The van der Waals surface area contributed by atoms with Gasteiger partial charge < -0.3 is 5.73 Å². The van der Waals surface area contributed by atoms with Gasteiger partial charge in [-0.2, -0.15) is 0 Å². The van der Waals surface area contributed by atoms with E-state index in [0.29, 0.717) is 9.21 Å². The first kappa shape index (κ1) is 15.3. The molecule has 0 fully saturated rings. The van der Waals surface area contributed by atoms with Gasteiger partial charge in [0.2, 0.25) is 0 Å². The van der Waals surface area contributed by atoms with Crippen molar-refractivity contribution in [3.05, 3.63) is 57.0 Å². The van der Waals surface area contributed by atoms with Crippen LogP contribution in [0.2, 0.25) is 4.34 Å². The van der Waals surface area contributed by atoms with Crippen molar-refractivity contribution in [3.8, 4) is 0 Å². The molecule has 0 atom stereocenters. The van der Waals surface area contributed by atoms with Crippen molar-refractivity contribution in [2.45, 2.75) is 6.54 Å². The number of nitrogens with zero attached hydrogens (tertiary/aromatic N) is 1. The summed E-state index contributed by atoms with van der Waals surface area (Å²) < 4.78 is 14.0. The maximum atomic E-state index is 13.6. The summed E-state index contributed by atoms with van der Waals surface area (Å²) in [5, 5.41) is 0.842. The molecule has 0 aliphatic heterocycles. The van der Waals surface area contributed by atoms with Gasteiger partial charge in [0.05, 0.1) is 15.8 Å². The molecule has 0 saturated carbocycles. The Morgan fingerprint density at radius 1 is 1.29 bits per heavy atom. The summed E-state index contributed by atoms with van der Waals surface area (Å²) in [4.78, 5) is 23.6. The molecular formula is C13H11ClFN3O2S. The Morgan fingerprint density at radius 3 is 2.57 bits per heavy atom. The molecule has 2 rings (SSSR count). The van der Waals surface area contributed by atoms with E-state index >= 15 is 0 Å². The largest absolute Gasteiger partial charge is 0.350 e. The molecule has 5 nitrogen and oxygen atoms in total. The zero-order chi connectivity index (χ0) is 15.4. The lowest BCUT2D eigenvalue weighted by Gasteiger charge is -2.21. The lowest BCUT2D eigenvalue weighted by Crippen LogP contribution is -2.48. The van der Waals surface area contributed by atoms with Gasteiger partial charge in [0, 0.05) is 5.56 Å². The van der Waals surface area contributed by atoms with Crippen LogP contribution in [0.4, 0.5) is 9.18 Å². The van der Waals surface area contributed by atoms with Crippen molar-refractivity contribution in [2.24, 2.45) is 5.73 Å². The van der Waals surface area contributed by atoms with E-state index < -0.39 is 17.8 Å². The average Bonchev–Trinajstić information content (AvgIpc) is 2.87. The van der Waals surface area contributed by atoms with Crippen LogP contribution in [0.3, 0.4) is 0 Å². The molecule has 21 heavy (non-hydrogen) atoms. The quantitative estimate of drug-likeness (QED) is 0.850. The topological polar surface area (TPSA) is 75.4 Å². The number of carbonyl (C=O) groups excluding carboxylic acids is 2. The van der Waals surface area contributed by atoms with E-state index in [0.717, 1.165) is 16.3 Å². The number of nitrogens with two attached hydrogens (primary N) is 1. The average molecular weight is 328 g/mol. The number of urea groups is 1. The molecule has 1 aromatic carbocycles. The SMILES string of the molecule is NC(=O)N(Cc1ccccc1F)NC(=O)c1ccc(Cl)s1.